The fourth-order valence-electron chi connectivity index (χ4n) is 7.75. The van der Waals surface area contributed by atoms with E-state index in [1.165, 1.54) is 0 Å². The molecule has 1 N–H and O–H groups in total. The quantitative estimate of drug-likeness (QED) is 0.0705. The zero-order valence-electron chi connectivity index (χ0n) is 31.0. The summed E-state index contributed by atoms with van der Waals surface area (Å²) in [5.74, 6) is -122. The van der Waals surface area contributed by atoms with E-state index in [9.17, 15) is 26.3 Å². The Labute approximate surface area is 357 Å². The van der Waals surface area contributed by atoms with Gasteiger partial charge < -0.3 is 5.14 Å². The minimum absolute atomic E-state index is 0.177. The highest BCUT2D eigenvalue weighted by Crippen LogP contribution is 2.32. The van der Waals surface area contributed by atoms with Crippen LogP contribution in [0.3, 0.4) is 0 Å². The number of benzene rings is 6. The summed E-state index contributed by atoms with van der Waals surface area (Å²) in [5.41, 5.74) is -25.5. The molecule has 0 saturated heterocycles. The van der Waals surface area contributed by atoms with Crippen molar-refractivity contribution in [1.82, 2.24) is 5.14 Å². The van der Waals surface area contributed by atoms with Crippen molar-refractivity contribution in [3.63, 3.8) is 0 Å². The summed E-state index contributed by atoms with van der Waals surface area (Å²) in [6.07, 6.45) is -16.7. The summed E-state index contributed by atoms with van der Waals surface area (Å²) in [6.45, 7) is 0. The van der Waals surface area contributed by atoms with Gasteiger partial charge in [0.1, 0.15) is 82.4 Å². The van der Waals surface area contributed by atoms with E-state index in [1.54, 1.807) is 0 Å². The normalized spacial score (nSPS) is 12.3. The molecule has 0 heterocycles. The molecule has 368 valence electrons. The standard InChI is InChI=1S/C36HB2F30N/c39-7-1(8(40)20(52)31(63)19(7)51)37(2-9(41)21(53)32(64)22(54)10(2)42,3-11(43)23(55)33(65)24(56)12(3)44)69-38(4-13(45)25(57)34(66)26(58)14(4)46,5-15(47)27(59)35(67)28(60)16(5)48)6-17(49)29(61)36(68)30(62)18(6)50/h69H/q-2. The van der Waals surface area contributed by atoms with Crippen molar-refractivity contribution >= 4 is 45.3 Å². The molecule has 69 heavy (non-hydrogen) atoms. The Hall–Kier alpha value is -6.69. The maximum absolute atomic E-state index is 16.5. The maximum atomic E-state index is 16.5. The summed E-state index contributed by atoms with van der Waals surface area (Å²) in [4.78, 5) is 0. The summed E-state index contributed by atoms with van der Waals surface area (Å²) in [5, 5.41) is -0.177. The predicted molar refractivity (Wildman–Crippen MR) is 170 cm³/mol. The van der Waals surface area contributed by atoms with Crippen LogP contribution in [0.15, 0.2) is 0 Å². The first kappa shape index (κ1) is 51.7. The van der Waals surface area contributed by atoms with E-state index in [0.29, 0.717) is 0 Å². The molecule has 0 amide bonds. The van der Waals surface area contributed by atoms with Crippen LogP contribution in [-0.4, -0.2) is 12.6 Å². The molecule has 0 aliphatic carbocycles. The molecule has 0 unspecified atom stereocenters. The molecule has 0 aliphatic rings. The van der Waals surface area contributed by atoms with Crippen LogP contribution in [0.1, 0.15) is 0 Å². The predicted octanol–water partition coefficient (Wildman–Crippen LogP) is 8.08. The van der Waals surface area contributed by atoms with E-state index in [0.717, 1.165) is 0 Å². The van der Waals surface area contributed by atoms with E-state index in [1.807, 2.05) is 0 Å². The zero-order chi connectivity index (χ0) is 52.5. The minimum Gasteiger partial charge on any atom is -0.645 e. The van der Waals surface area contributed by atoms with Crippen LogP contribution >= 0.6 is 0 Å². The second-order valence-corrected chi connectivity index (χ2v) is 13.8. The first-order chi connectivity index (χ1) is 31.8. The molecule has 0 saturated carbocycles. The minimum atomic E-state index is -8.33. The van der Waals surface area contributed by atoms with E-state index in [2.05, 4.69) is 0 Å². The first-order valence-electron chi connectivity index (χ1n) is 17.0. The summed E-state index contributed by atoms with van der Waals surface area (Å²) < 4.78 is 469. The van der Waals surface area contributed by atoms with Gasteiger partial charge in [0.25, 0.3) is 0 Å². The molecule has 6 aromatic carbocycles. The molecule has 0 fully saturated rings. The highest BCUT2D eigenvalue weighted by molar-refractivity contribution is 7.23. The van der Waals surface area contributed by atoms with E-state index in [4.69, 9.17) is 0 Å². The Balaban J connectivity index is 2.29. The summed E-state index contributed by atoms with van der Waals surface area (Å²) >= 11 is 0. The van der Waals surface area contributed by atoms with E-state index in [-0.39, 0.29) is 5.14 Å². The summed E-state index contributed by atoms with van der Waals surface area (Å²) in [7, 11) is 0. The van der Waals surface area contributed by atoms with Crippen molar-refractivity contribution in [1.29, 1.82) is 0 Å². The van der Waals surface area contributed by atoms with Gasteiger partial charge in [-0.3, -0.25) is 0 Å². The molecule has 0 aliphatic heterocycles. The van der Waals surface area contributed by atoms with E-state index >= 15 is 105 Å². The highest BCUT2D eigenvalue weighted by atomic mass is 19.2. The second kappa shape index (κ2) is 17.1. The van der Waals surface area contributed by atoms with Crippen LogP contribution in [0, 0.1) is 175 Å². The third-order valence-electron chi connectivity index (χ3n) is 10.6. The van der Waals surface area contributed by atoms with Crippen LogP contribution in [0.25, 0.3) is 0 Å². The lowest BCUT2D eigenvalue weighted by molar-refractivity contribution is 0.378. The van der Waals surface area contributed by atoms with Gasteiger partial charge >= 0.3 is 0 Å². The third kappa shape index (κ3) is 6.71. The van der Waals surface area contributed by atoms with Gasteiger partial charge in [0, 0.05) is 0 Å². The molecule has 6 rings (SSSR count). The van der Waals surface area contributed by atoms with Crippen LogP contribution in [-0.2, 0) is 0 Å². The van der Waals surface area contributed by atoms with Gasteiger partial charge in [0.05, 0.1) is 0 Å². The maximum Gasteiger partial charge on any atom is 0.200 e. The lowest BCUT2D eigenvalue weighted by atomic mass is 9.13. The lowest BCUT2D eigenvalue weighted by Gasteiger charge is -2.58. The van der Waals surface area contributed by atoms with E-state index < -0.39 is 220 Å². The molecule has 33 heteroatoms. The number of hydrogen-bond donors (Lipinski definition) is 1. The van der Waals surface area contributed by atoms with Gasteiger partial charge in [-0.1, -0.05) is 0 Å². The summed E-state index contributed by atoms with van der Waals surface area (Å²) in [6, 6.07) is 0. The van der Waals surface area contributed by atoms with Crippen LogP contribution in [0.4, 0.5) is 132 Å². The molecular weight excluding hydrogens is 1040 g/mol. The van der Waals surface area contributed by atoms with Gasteiger partial charge in [-0.05, 0) is 0 Å². The molecule has 0 radical (unpaired) electrons. The third-order valence-corrected chi connectivity index (χ3v) is 10.6. The average molecular weight is 1040 g/mol. The van der Waals surface area contributed by atoms with Gasteiger partial charge in [-0.25, -0.2) is 132 Å². The van der Waals surface area contributed by atoms with Crippen LogP contribution in [0.5, 0.6) is 0 Å². The number of halogens is 30. The molecule has 0 atom stereocenters. The Kier molecular flexibility index (Phi) is 12.8. The monoisotopic (exact) mass is 1040 g/mol. The van der Waals surface area contributed by atoms with Gasteiger partial charge in [-0.15, -0.1) is 32.8 Å². The fourth-order valence-corrected chi connectivity index (χ4v) is 7.75. The SMILES string of the molecule is Fc1c(F)c(F)c([B-](N[B-](c2c(F)c(F)c(F)c(F)c2F)(c2c(F)c(F)c(F)c(F)c2F)c2c(F)c(F)c(F)c(F)c2F)(c2c(F)c(F)c(F)c(F)c2F)c2c(F)c(F)c(F)c(F)c2F)c(F)c1F. The zero-order valence-corrected chi connectivity index (χ0v) is 31.0. The van der Waals surface area contributed by atoms with Gasteiger partial charge in [-0.2, -0.15) is 0 Å². The van der Waals surface area contributed by atoms with Gasteiger partial charge in [0.15, 0.2) is 105 Å². The molecule has 0 aromatic heterocycles. The topological polar surface area (TPSA) is 12.0 Å². The molecular formula is C36HB2F30N-2. The molecule has 1 nitrogen and oxygen atoms in total. The average Bonchev–Trinajstić information content (AvgIpc) is 3.31. The second-order valence-electron chi connectivity index (χ2n) is 13.8. The van der Waals surface area contributed by atoms with Crippen molar-refractivity contribution < 1.29 is 132 Å². The Morgan fingerprint density at radius 3 is 0.290 bits per heavy atom. The largest absolute Gasteiger partial charge is 0.645 e. The Bertz CT molecular complexity index is 2560. The fraction of sp³-hybridized carbons (Fsp3) is 0. The Morgan fingerprint density at radius 1 is 0.130 bits per heavy atom. The van der Waals surface area contributed by atoms with Crippen molar-refractivity contribution in [2.45, 2.75) is 0 Å². The van der Waals surface area contributed by atoms with Gasteiger partial charge in [0.2, 0.25) is 0 Å². The number of hydrogen-bond acceptors (Lipinski definition) is 1. The number of nitrogens with one attached hydrogen (secondary N) is 1. The van der Waals surface area contributed by atoms with Crippen molar-refractivity contribution in [3.05, 3.63) is 175 Å². The molecule has 0 bridgehead atoms. The highest BCUT2D eigenvalue weighted by Gasteiger charge is 2.55. The molecule has 0 spiro atoms. The van der Waals surface area contributed by atoms with Crippen molar-refractivity contribution in [2.75, 3.05) is 0 Å². The molecule has 6 aromatic rings. The smallest absolute Gasteiger partial charge is 0.200 e. The van der Waals surface area contributed by atoms with Crippen molar-refractivity contribution in [2.24, 2.45) is 0 Å². The van der Waals surface area contributed by atoms with Crippen LogP contribution in [0.2, 0.25) is 0 Å². The van der Waals surface area contributed by atoms with Crippen LogP contribution < -0.4 is 37.9 Å². The van der Waals surface area contributed by atoms with Crippen molar-refractivity contribution in [3.8, 4) is 0 Å². The lowest BCUT2D eigenvalue weighted by Crippen LogP contribution is -2.93. The number of rotatable bonds is 8. The first-order valence-corrected chi connectivity index (χ1v) is 17.0. The Morgan fingerprint density at radius 2 is 0.203 bits per heavy atom.